The van der Waals surface area contributed by atoms with Gasteiger partial charge in [0, 0.05) is 35.1 Å². The van der Waals surface area contributed by atoms with Crippen molar-refractivity contribution in [2.45, 2.75) is 32.2 Å². The molecule has 5 heteroatoms. The number of amides is 1. The Balaban J connectivity index is 1.73. The van der Waals surface area contributed by atoms with Gasteiger partial charge < -0.3 is 9.47 Å². The number of benzene rings is 2. The summed E-state index contributed by atoms with van der Waals surface area (Å²) in [5, 5.41) is 0. The molecule has 128 valence electrons. The Labute approximate surface area is 155 Å². The van der Waals surface area contributed by atoms with Crippen LogP contribution >= 0.6 is 15.9 Å². The maximum Gasteiger partial charge on any atom is 0.227 e. The van der Waals surface area contributed by atoms with E-state index in [0.717, 1.165) is 27.0 Å². The minimum atomic E-state index is 0.112. The van der Waals surface area contributed by atoms with Gasteiger partial charge in [-0.05, 0) is 44.2 Å². The zero-order valence-electron chi connectivity index (χ0n) is 14.3. The molecule has 0 aliphatic carbocycles. The minimum Gasteiger partial charge on any atom is -0.325 e. The fraction of sp³-hybridized carbons (Fsp3) is 0.300. The summed E-state index contributed by atoms with van der Waals surface area (Å²) in [5.74, 6) is 1.29. The lowest BCUT2D eigenvalue weighted by atomic mass is 10.1. The molecule has 0 bridgehead atoms. The number of fused-ring (bicyclic) bond motifs is 1. The van der Waals surface area contributed by atoms with Crippen LogP contribution < -0.4 is 4.90 Å². The first kappa shape index (κ1) is 16.3. The summed E-state index contributed by atoms with van der Waals surface area (Å²) in [6.07, 6.45) is 0.503. The predicted octanol–water partition coefficient (Wildman–Crippen LogP) is 4.90. The third kappa shape index (κ3) is 2.86. The van der Waals surface area contributed by atoms with Gasteiger partial charge in [-0.15, -0.1) is 0 Å². The summed E-state index contributed by atoms with van der Waals surface area (Å²) >= 11 is 3.49. The van der Waals surface area contributed by atoms with Crippen LogP contribution in [0.15, 0.2) is 53.0 Å². The van der Waals surface area contributed by atoms with E-state index in [-0.39, 0.29) is 11.8 Å². The second-order valence-electron chi connectivity index (χ2n) is 6.81. The lowest BCUT2D eigenvalue weighted by Gasteiger charge is -2.19. The van der Waals surface area contributed by atoms with Gasteiger partial charge in [-0.25, -0.2) is 4.98 Å². The van der Waals surface area contributed by atoms with Gasteiger partial charge in [-0.3, -0.25) is 4.79 Å². The highest BCUT2D eigenvalue weighted by Crippen LogP contribution is 2.35. The van der Waals surface area contributed by atoms with Gasteiger partial charge in [-0.1, -0.05) is 34.1 Å². The van der Waals surface area contributed by atoms with Crippen molar-refractivity contribution in [2.75, 3.05) is 11.4 Å². The van der Waals surface area contributed by atoms with Gasteiger partial charge in [-0.2, -0.15) is 0 Å². The summed E-state index contributed by atoms with van der Waals surface area (Å²) < 4.78 is 3.26. The molecule has 0 radical (unpaired) electrons. The topological polar surface area (TPSA) is 38.1 Å². The molecule has 4 rings (SSSR count). The van der Waals surface area contributed by atoms with Gasteiger partial charge >= 0.3 is 0 Å². The Morgan fingerprint density at radius 1 is 1.16 bits per heavy atom. The highest BCUT2D eigenvalue weighted by molar-refractivity contribution is 9.10. The third-order valence-corrected chi connectivity index (χ3v) is 5.24. The molecule has 0 saturated carbocycles. The van der Waals surface area contributed by atoms with Crippen molar-refractivity contribution in [1.82, 2.24) is 9.55 Å². The molecule has 1 atom stereocenters. The van der Waals surface area contributed by atoms with Crippen LogP contribution in [0.25, 0.3) is 11.0 Å². The van der Waals surface area contributed by atoms with Gasteiger partial charge in [0.05, 0.1) is 11.0 Å². The van der Waals surface area contributed by atoms with E-state index >= 15 is 0 Å². The maximum atomic E-state index is 12.6. The smallest absolute Gasteiger partial charge is 0.227 e. The molecule has 1 saturated heterocycles. The van der Waals surface area contributed by atoms with E-state index in [0.29, 0.717) is 19.0 Å². The van der Waals surface area contributed by atoms with E-state index in [2.05, 4.69) is 40.4 Å². The van der Waals surface area contributed by atoms with Gasteiger partial charge in [0.1, 0.15) is 5.82 Å². The summed E-state index contributed by atoms with van der Waals surface area (Å²) in [7, 11) is 0. The molecule has 1 fully saturated rings. The van der Waals surface area contributed by atoms with E-state index < -0.39 is 0 Å². The number of hydrogen-bond acceptors (Lipinski definition) is 2. The standard InChI is InChI=1S/C20H20BrN3O/c1-13(2)24-18-9-4-3-8-17(18)22-20(24)14-10-19(25)23(12-14)16-7-5-6-15(21)11-16/h3-9,11,13-14H,10,12H2,1-2H3. The number of imidazole rings is 1. The first-order valence-electron chi connectivity index (χ1n) is 8.57. The Morgan fingerprint density at radius 3 is 2.72 bits per heavy atom. The van der Waals surface area contributed by atoms with E-state index in [1.54, 1.807) is 0 Å². The molecular weight excluding hydrogens is 378 g/mol. The number of hydrogen-bond donors (Lipinski definition) is 0. The quantitative estimate of drug-likeness (QED) is 0.630. The molecule has 4 nitrogen and oxygen atoms in total. The van der Waals surface area contributed by atoms with Crippen molar-refractivity contribution in [3.8, 4) is 0 Å². The highest BCUT2D eigenvalue weighted by Gasteiger charge is 2.35. The van der Waals surface area contributed by atoms with Crippen LogP contribution in [0, 0.1) is 0 Å². The van der Waals surface area contributed by atoms with Crippen LogP contribution in [0.5, 0.6) is 0 Å². The van der Waals surface area contributed by atoms with Crippen molar-refractivity contribution in [1.29, 1.82) is 0 Å². The number of carbonyl (C=O) groups excluding carboxylic acids is 1. The summed E-state index contributed by atoms with van der Waals surface area (Å²) in [4.78, 5) is 19.4. The Kier molecular flexibility index (Phi) is 4.12. The number of nitrogens with zero attached hydrogens (tertiary/aromatic N) is 3. The monoisotopic (exact) mass is 397 g/mol. The maximum absolute atomic E-state index is 12.6. The second-order valence-corrected chi connectivity index (χ2v) is 7.72. The number of para-hydroxylation sites is 2. The van der Waals surface area contributed by atoms with Crippen molar-refractivity contribution in [3.05, 3.63) is 58.8 Å². The Hall–Kier alpha value is -2.14. The van der Waals surface area contributed by atoms with E-state index in [1.807, 2.05) is 47.4 Å². The molecule has 1 amide bonds. The molecule has 1 aliphatic rings. The summed E-state index contributed by atoms with van der Waals surface area (Å²) in [5.41, 5.74) is 3.08. The Morgan fingerprint density at radius 2 is 1.96 bits per heavy atom. The summed E-state index contributed by atoms with van der Waals surface area (Å²) in [6, 6.07) is 16.4. The van der Waals surface area contributed by atoms with Crippen LogP contribution in [-0.4, -0.2) is 22.0 Å². The lowest BCUT2D eigenvalue weighted by Crippen LogP contribution is -2.24. The van der Waals surface area contributed by atoms with Crippen LogP contribution in [-0.2, 0) is 4.79 Å². The minimum absolute atomic E-state index is 0.112. The Bertz CT molecular complexity index is 947. The fourth-order valence-electron chi connectivity index (χ4n) is 3.67. The van der Waals surface area contributed by atoms with E-state index in [4.69, 9.17) is 4.98 Å². The first-order valence-corrected chi connectivity index (χ1v) is 9.36. The highest BCUT2D eigenvalue weighted by atomic mass is 79.9. The van der Waals surface area contributed by atoms with Crippen LogP contribution in [0.2, 0.25) is 0 Å². The molecule has 0 spiro atoms. The molecule has 0 N–H and O–H groups in total. The van der Waals surface area contributed by atoms with E-state index in [1.165, 1.54) is 0 Å². The number of anilines is 1. The number of halogens is 1. The third-order valence-electron chi connectivity index (χ3n) is 4.75. The molecule has 1 aromatic heterocycles. The first-order chi connectivity index (χ1) is 12.0. The number of aromatic nitrogens is 2. The molecule has 2 heterocycles. The average Bonchev–Trinajstić information content (AvgIpc) is 3.15. The van der Waals surface area contributed by atoms with E-state index in [9.17, 15) is 4.79 Å². The molecule has 1 aliphatic heterocycles. The molecule has 25 heavy (non-hydrogen) atoms. The fourth-order valence-corrected chi connectivity index (χ4v) is 4.06. The lowest BCUT2D eigenvalue weighted by molar-refractivity contribution is -0.117. The van der Waals surface area contributed by atoms with Crippen molar-refractivity contribution in [3.63, 3.8) is 0 Å². The molecular formula is C20H20BrN3O. The SMILES string of the molecule is CC(C)n1c(C2CC(=O)N(c3cccc(Br)c3)C2)nc2ccccc21. The van der Waals surface area contributed by atoms with Gasteiger partial charge in [0.25, 0.3) is 0 Å². The molecule has 3 aromatic rings. The van der Waals surface area contributed by atoms with Crippen LogP contribution in [0.3, 0.4) is 0 Å². The normalized spacial score (nSPS) is 17.8. The zero-order valence-corrected chi connectivity index (χ0v) is 15.9. The zero-order chi connectivity index (χ0) is 17.6. The van der Waals surface area contributed by atoms with Crippen molar-refractivity contribution in [2.24, 2.45) is 0 Å². The largest absolute Gasteiger partial charge is 0.325 e. The van der Waals surface area contributed by atoms with Crippen molar-refractivity contribution >= 4 is 38.6 Å². The predicted molar refractivity (Wildman–Crippen MR) is 104 cm³/mol. The average molecular weight is 398 g/mol. The summed E-state index contributed by atoms with van der Waals surface area (Å²) in [6.45, 7) is 5.01. The number of carbonyl (C=O) groups is 1. The van der Waals surface area contributed by atoms with Crippen molar-refractivity contribution < 1.29 is 4.79 Å². The van der Waals surface area contributed by atoms with Gasteiger partial charge in [0.2, 0.25) is 5.91 Å². The molecule has 2 aromatic carbocycles. The van der Waals surface area contributed by atoms with Crippen LogP contribution in [0.4, 0.5) is 5.69 Å². The second kappa shape index (κ2) is 6.30. The number of rotatable bonds is 3. The van der Waals surface area contributed by atoms with Gasteiger partial charge in [0.15, 0.2) is 0 Å². The van der Waals surface area contributed by atoms with Crippen LogP contribution in [0.1, 0.15) is 38.1 Å². The molecule has 1 unspecified atom stereocenters.